The van der Waals surface area contributed by atoms with Crippen molar-refractivity contribution in [3.63, 3.8) is 0 Å². The third-order valence-electron chi connectivity index (χ3n) is 4.12. The molecule has 1 aliphatic carbocycles. The molecule has 3 rings (SSSR count). The van der Waals surface area contributed by atoms with E-state index in [2.05, 4.69) is 23.8 Å². The normalized spacial score (nSPS) is 13.8. The Labute approximate surface area is 147 Å². The lowest BCUT2D eigenvalue weighted by Crippen LogP contribution is -2.14. The van der Waals surface area contributed by atoms with Gasteiger partial charge in [-0.15, -0.1) is 0 Å². The average Bonchev–Trinajstić information content (AvgIpc) is 3.43. The zero-order chi connectivity index (χ0) is 17.8. The summed E-state index contributed by atoms with van der Waals surface area (Å²) in [5, 5.41) is 11.5. The number of nitrogens with zero attached hydrogens (tertiary/aromatic N) is 1. The first-order valence-corrected chi connectivity index (χ1v) is 8.54. The van der Waals surface area contributed by atoms with Gasteiger partial charge in [-0.25, -0.2) is 4.39 Å². The number of nitrogens with one attached hydrogen (secondary N) is 2. The highest BCUT2D eigenvalue weighted by atomic mass is 19.1. The fourth-order valence-electron chi connectivity index (χ4n) is 2.53. The van der Waals surface area contributed by atoms with Gasteiger partial charge < -0.3 is 10.7 Å². The average molecular weight is 335 g/mol. The lowest BCUT2D eigenvalue weighted by Gasteiger charge is -2.10. The van der Waals surface area contributed by atoms with Crippen molar-refractivity contribution in [1.82, 2.24) is 10.3 Å². The van der Waals surface area contributed by atoms with E-state index in [0.717, 1.165) is 30.7 Å². The SMILES string of the molecule is C=C(NC1CC1)c1cc(F)cc(C(=N)/C=C/c2cccc(CC)n2)c1. The third-order valence-corrected chi connectivity index (χ3v) is 4.12. The van der Waals surface area contributed by atoms with Gasteiger partial charge in [-0.05, 0) is 61.7 Å². The van der Waals surface area contributed by atoms with Gasteiger partial charge in [0.25, 0.3) is 0 Å². The van der Waals surface area contributed by atoms with E-state index in [0.29, 0.717) is 22.9 Å². The summed E-state index contributed by atoms with van der Waals surface area (Å²) in [7, 11) is 0. The molecular formula is C21H22FN3. The highest BCUT2D eigenvalue weighted by Gasteiger charge is 2.21. The summed E-state index contributed by atoms with van der Waals surface area (Å²) in [5.74, 6) is -0.365. The van der Waals surface area contributed by atoms with E-state index >= 15 is 0 Å². The highest BCUT2D eigenvalue weighted by Crippen LogP contribution is 2.24. The molecule has 0 spiro atoms. The van der Waals surface area contributed by atoms with Crippen molar-refractivity contribution >= 4 is 17.5 Å². The Morgan fingerprint density at radius 3 is 2.80 bits per heavy atom. The van der Waals surface area contributed by atoms with Crippen LogP contribution in [0.25, 0.3) is 11.8 Å². The molecule has 1 aromatic carbocycles. The van der Waals surface area contributed by atoms with Crippen LogP contribution in [-0.2, 0) is 6.42 Å². The summed E-state index contributed by atoms with van der Waals surface area (Å²) in [6.07, 6.45) is 6.55. The van der Waals surface area contributed by atoms with E-state index in [4.69, 9.17) is 5.41 Å². The lowest BCUT2D eigenvalue weighted by atomic mass is 10.0. The minimum Gasteiger partial charge on any atom is -0.382 e. The fourth-order valence-corrected chi connectivity index (χ4v) is 2.53. The Balaban J connectivity index is 1.77. The molecule has 0 unspecified atom stereocenters. The standard InChI is InChI=1S/C21H22FN3/c1-3-18-5-4-6-19(25-18)9-10-21(23)16-11-15(12-17(22)13-16)14(2)24-20-7-8-20/h4-6,9-13,20,23-24H,2-3,7-8H2,1H3/b10-9+,23-21?. The smallest absolute Gasteiger partial charge is 0.124 e. The summed E-state index contributed by atoms with van der Waals surface area (Å²) >= 11 is 0. The van der Waals surface area contributed by atoms with Gasteiger partial charge in [0.2, 0.25) is 0 Å². The predicted molar refractivity (Wildman–Crippen MR) is 101 cm³/mol. The molecule has 128 valence electrons. The maximum absolute atomic E-state index is 14.0. The van der Waals surface area contributed by atoms with Crippen molar-refractivity contribution in [2.75, 3.05) is 0 Å². The van der Waals surface area contributed by atoms with E-state index in [1.807, 2.05) is 18.2 Å². The molecule has 1 saturated carbocycles. The van der Waals surface area contributed by atoms with E-state index in [1.165, 1.54) is 12.1 Å². The first-order chi connectivity index (χ1) is 12.0. The monoisotopic (exact) mass is 335 g/mol. The zero-order valence-electron chi connectivity index (χ0n) is 14.3. The molecule has 0 saturated heterocycles. The van der Waals surface area contributed by atoms with Crippen molar-refractivity contribution < 1.29 is 4.39 Å². The number of rotatable bonds is 7. The lowest BCUT2D eigenvalue weighted by molar-refractivity contribution is 0.626. The molecule has 4 heteroatoms. The molecule has 25 heavy (non-hydrogen) atoms. The van der Waals surface area contributed by atoms with Gasteiger partial charge in [-0.1, -0.05) is 19.6 Å². The second kappa shape index (κ2) is 7.43. The van der Waals surface area contributed by atoms with Gasteiger partial charge in [0.15, 0.2) is 0 Å². The maximum atomic E-state index is 14.0. The molecule has 1 heterocycles. The van der Waals surface area contributed by atoms with Crippen molar-refractivity contribution in [2.45, 2.75) is 32.2 Å². The van der Waals surface area contributed by atoms with Gasteiger partial charge in [0.05, 0.1) is 11.4 Å². The molecule has 0 radical (unpaired) electrons. The van der Waals surface area contributed by atoms with Crippen molar-refractivity contribution in [3.8, 4) is 0 Å². The zero-order valence-corrected chi connectivity index (χ0v) is 14.3. The van der Waals surface area contributed by atoms with Crippen molar-refractivity contribution in [1.29, 1.82) is 5.41 Å². The molecule has 0 aliphatic heterocycles. The minimum absolute atomic E-state index is 0.240. The van der Waals surface area contributed by atoms with Crippen molar-refractivity contribution in [3.05, 3.63) is 77.4 Å². The van der Waals surface area contributed by atoms with Crippen LogP contribution in [-0.4, -0.2) is 16.7 Å². The Morgan fingerprint density at radius 2 is 2.08 bits per heavy atom. The highest BCUT2D eigenvalue weighted by molar-refractivity contribution is 6.09. The predicted octanol–water partition coefficient (Wildman–Crippen LogP) is 4.59. The van der Waals surface area contributed by atoms with Crippen LogP contribution in [0.2, 0.25) is 0 Å². The van der Waals surface area contributed by atoms with E-state index in [-0.39, 0.29) is 11.5 Å². The quantitative estimate of drug-likeness (QED) is 0.727. The number of hydrogen-bond donors (Lipinski definition) is 2. The van der Waals surface area contributed by atoms with Gasteiger partial charge >= 0.3 is 0 Å². The van der Waals surface area contributed by atoms with E-state index < -0.39 is 0 Å². The largest absolute Gasteiger partial charge is 0.382 e. The number of hydrogen-bond acceptors (Lipinski definition) is 3. The molecule has 0 amide bonds. The summed E-state index contributed by atoms with van der Waals surface area (Å²) in [6.45, 7) is 6.03. The minimum atomic E-state index is -0.365. The van der Waals surface area contributed by atoms with E-state index in [1.54, 1.807) is 18.2 Å². The molecule has 1 fully saturated rings. The molecular weight excluding hydrogens is 313 g/mol. The first-order valence-electron chi connectivity index (χ1n) is 8.54. The summed E-state index contributed by atoms with van der Waals surface area (Å²) in [6, 6.07) is 10.9. The Morgan fingerprint density at radius 1 is 1.32 bits per heavy atom. The van der Waals surface area contributed by atoms with Crippen LogP contribution in [0.1, 0.15) is 42.3 Å². The summed E-state index contributed by atoms with van der Waals surface area (Å²) < 4.78 is 14.0. The van der Waals surface area contributed by atoms with Gasteiger partial charge in [-0.2, -0.15) is 0 Å². The number of benzene rings is 1. The van der Waals surface area contributed by atoms with E-state index in [9.17, 15) is 4.39 Å². The maximum Gasteiger partial charge on any atom is 0.124 e. The van der Waals surface area contributed by atoms with Crippen LogP contribution in [0, 0.1) is 11.2 Å². The Bertz CT molecular complexity index is 835. The van der Waals surface area contributed by atoms with Crippen LogP contribution in [0.3, 0.4) is 0 Å². The second-order valence-electron chi connectivity index (χ2n) is 6.28. The topological polar surface area (TPSA) is 48.8 Å². The molecule has 3 nitrogen and oxygen atoms in total. The number of aryl methyl sites for hydroxylation is 1. The fraction of sp³-hybridized carbons (Fsp3) is 0.238. The number of aromatic nitrogens is 1. The van der Waals surface area contributed by atoms with Crippen LogP contribution in [0.15, 0.2) is 49.1 Å². The molecule has 2 aromatic rings. The van der Waals surface area contributed by atoms with Crippen molar-refractivity contribution in [2.24, 2.45) is 0 Å². The van der Waals surface area contributed by atoms with Crippen LogP contribution in [0.5, 0.6) is 0 Å². The molecule has 1 aliphatic rings. The van der Waals surface area contributed by atoms with Gasteiger partial charge in [0, 0.05) is 28.6 Å². The van der Waals surface area contributed by atoms with Gasteiger partial charge in [-0.3, -0.25) is 4.98 Å². The first kappa shape index (κ1) is 17.1. The van der Waals surface area contributed by atoms with Gasteiger partial charge in [0.1, 0.15) is 5.82 Å². The number of pyridine rings is 1. The van der Waals surface area contributed by atoms with Crippen LogP contribution >= 0.6 is 0 Å². The van der Waals surface area contributed by atoms with Crippen LogP contribution in [0.4, 0.5) is 4.39 Å². The van der Waals surface area contributed by atoms with Crippen LogP contribution < -0.4 is 5.32 Å². The third kappa shape index (κ3) is 4.63. The molecule has 1 aromatic heterocycles. The summed E-state index contributed by atoms with van der Waals surface area (Å²) in [4.78, 5) is 4.48. The Kier molecular flexibility index (Phi) is 5.08. The molecule has 2 N–H and O–H groups in total. The molecule has 0 atom stereocenters. The number of halogens is 1. The number of allylic oxidation sites excluding steroid dienone is 1. The molecule has 0 bridgehead atoms. The second-order valence-corrected chi connectivity index (χ2v) is 6.28. The summed E-state index contributed by atoms with van der Waals surface area (Å²) in [5.41, 5.74) is 3.95. The Hall–Kier alpha value is -2.75.